The molecule has 2 fully saturated rings. The highest BCUT2D eigenvalue weighted by molar-refractivity contribution is 8.78. The molecule has 0 saturated carbocycles. The molecule has 0 bridgehead atoms. The highest BCUT2D eigenvalue weighted by atomic mass is 33.1. The average Bonchev–Trinajstić information content (AvgIpc) is 2.60. The molecule has 0 amide bonds. The van der Waals surface area contributed by atoms with Crippen molar-refractivity contribution in [2.45, 2.75) is 57.7 Å². The molecule has 0 aromatic heterocycles. The van der Waals surface area contributed by atoms with Gasteiger partial charge in [-0.05, 0) is 10.8 Å². The summed E-state index contributed by atoms with van der Waals surface area (Å²) in [6.07, 6.45) is -9.37. The van der Waals surface area contributed by atoms with Gasteiger partial charge in [-0.15, -0.1) is 12.6 Å². The molecule has 2 heterocycles. The lowest BCUT2D eigenvalue weighted by Gasteiger charge is -2.46. The van der Waals surface area contributed by atoms with E-state index in [1.807, 2.05) is 0 Å². The third-order valence-corrected chi connectivity index (χ3v) is 8.70. The van der Waals surface area contributed by atoms with E-state index in [0.717, 1.165) is 21.6 Å². The molecular formula is C12H22O9S4. The minimum atomic E-state index is -1.69. The molecule has 0 spiro atoms. The summed E-state index contributed by atoms with van der Waals surface area (Å²) in [6.45, 7) is -1.10. The van der Waals surface area contributed by atoms with Crippen LogP contribution in [0.3, 0.4) is 0 Å². The Morgan fingerprint density at radius 2 is 1.44 bits per heavy atom. The van der Waals surface area contributed by atoms with Gasteiger partial charge in [0, 0.05) is 0 Å². The van der Waals surface area contributed by atoms with Crippen LogP contribution in [0.25, 0.3) is 0 Å². The van der Waals surface area contributed by atoms with Crippen molar-refractivity contribution in [3.05, 3.63) is 0 Å². The van der Waals surface area contributed by atoms with E-state index < -0.39 is 70.9 Å². The Labute approximate surface area is 162 Å². The SMILES string of the molecule is OC[C@H]1O[C@@H](SS[C@@]2(S)O[C@H](CO)[C@@H](O)[C@H](O)[C@H]2O)[C@H](S)[C@@H](O)[C@@H]1O. The van der Waals surface area contributed by atoms with E-state index in [4.69, 9.17) is 9.47 Å². The van der Waals surface area contributed by atoms with Gasteiger partial charge in [-0.25, -0.2) is 0 Å². The van der Waals surface area contributed by atoms with Gasteiger partial charge < -0.3 is 45.2 Å². The number of aliphatic hydroxyl groups excluding tert-OH is 7. The van der Waals surface area contributed by atoms with Gasteiger partial charge in [0.2, 0.25) is 0 Å². The minimum Gasteiger partial charge on any atom is -0.394 e. The molecule has 13 heteroatoms. The maximum absolute atomic E-state index is 10.2. The molecule has 148 valence electrons. The first-order chi connectivity index (χ1) is 11.7. The predicted molar refractivity (Wildman–Crippen MR) is 97.4 cm³/mol. The smallest absolute Gasteiger partial charge is 0.196 e. The molecule has 0 unspecified atom stereocenters. The fourth-order valence-corrected chi connectivity index (χ4v) is 6.51. The fourth-order valence-electron chi connectivity index (χ4n) is 2.46. The average molecular weight is 439 g/mol. The Bertz CT molecular complexity index is 445. The van der Waals surface area contributed by atoms with Crippen LogP contribution in [0.5, 0.6) is 0 Å². The number of rotatable bonds is 5. The van der Waals surface area contributed by atoms with Gasteiger partial charge in [-0.1, -0.05) is 10.8 Å². The maximum Gasteiger partial charge on any atom is 0.196 e. The molecule has 7 N–H and O–H groups in total. The molecule has 0 aliphatic carbocycles. The summed E-state index contributed by atoms with van der Waals surface area (Å²) in [5.41, 5.74) is -0.805. The van der Waals surface area contributed by atoms with Crippen LogP contribution in [0.15, 0.2) is 0 Å². The summed E-state index contributed by atoms with van der Waals surface area (Å²) in [7, 11) is 1.79. The van der Waals surface area contributed by atoms with Crippen molar-refractivity contribution < 1.29 is 45.2 Å². The van der Waals surface area contributed by atoms with E-state index >= 15 is 0 Å². The molecule has 9 nitrogen and oxygen atoms in total. The first kappa shape index (κ1) is 22.3. The summed E-state index contributed by atoms with van der Waals surface area (Å²) in [6, 6.07) is 0. The van der Waals surface area contributed by atoms with Crippen LogP contribution >= 0.6 is 46.8 Å². The van der Waals surface area contributed by atoms with Crippen molar-refractivity contribution in [3.63, 3.8) is 0 Å². The first-order valence-electron chi connectivity index (χ1n) is 7.36. The number of hydrogen-bond acceptors (Lipinski definition) is 13. The van der Waals surface area contributed by atoms with Gasteiger partial charge in [0.1, 0.15) is 42.1 Å². The van der Waals surface area contributed by atoms with E-state index in [0.29, 0.717) is 0 Å². The predicted octanol–water partition coefficient (Wildman–Crippen LogP) is -2.84. The maximum atomic E-state index is 10.2. The monoisotopic (exact) mass is 438 g/mol. The van der Waals surface area contributed by atoms with E-state index in [1.54, 1.807) is 0 Å². The quantitative estimate of drug-likeness (QED) is 0.124. The number of thiol groups is 2. The highest BCUT2D eigenvalue weighted by Crippen LogP contribution is 2.50. The molecule has 2 aliphatic rings. The molecule has 0 aromatic rings. The number of ether oxygens (including phenoxy) is 2. The summed E-state index contributed by atoms with van der Waals surface area (Å²) in [5.74, 6) is 0. The Balaban J connectivity index is 2.05. The van der Waals surface area contributed by atoms with E-state index in [1.165, 1.54) is 0 Å². The van der Waals surface area contributed by atoms with Crippen molar-refractivity contribution >= 4 is 46.8 Å². The zero-order valence-corrected chi connectivity index (χ0v) is 16.2. The lowest BCUT2D eigenvalue weighted by molar-refractivity contribution is -0.215. The van der Waals surface area contributed by atoms with Crippen molar-refractivity contribution in [2.24, 2.45) is 0 Å². The second kappa shape index (κ2) is 9.03. The third kappa shape index (κ3) is 4.55. The van der Waals surface area contributed by atoms with Gasteiger partial charge in [0.15, 0.2) is 4.27 Å². The lowest BCUT2D eigenvalue weighted by atomic mass is 10.0. The Morgan fingerprint density at radius 3 is 2.00 bits per heavy atom. The van der Waals surface area contributed by atoms with E-state index in [-0.39, 0.29) is 0 Å². The van der Waals surface area contributed by atoms with Gasteiger partial charge >= 0.3 is 0 Å². The van der Waals surface area contributed by atoms with E-state index in [2.05, 4.69) is 25.3 Å². The lowest BCUT2D eigenvalue weighted by Crippen LogP contribution is -2.61. The van der Waals surface area contributed by atoms with Crippen molar-refractivity contribution in [3.8, 4) is 0 Å². The molecule has 25 heavy (non-hydrogen) atoms. The van der Waals surface area contributed by atoms with Crippen LogP contribution in [0.1, 0.15) is 0 Å². The Morgan fingerprint density at radius 1 is 0.880 bits per heavy atom. The minimum absolute atomic E-state index is 0.511. The van der Waals surface area contributed by atoms with Crippen LogP contribution < -0.4 is 0 Å². The second-order valence-electron chi connectivity index (χ2n) is 5.77. The molecule has 10 atom stereocenters. The van der Waals surface area contributed by atoms with Crippen LogP contribution in [0.4, 0.5) is 0 Å². The van der Waals surface area contributed by atoms with Gasteiger partial charge in [0.05, 0.1) is 24.6 Å². The van der Waals surface area contributed by atoms with Crippen molar-refractivity contribution in [1.82, 2.24) is 0 Å². The van der Waals surface area contributed by atoms with E-state index in [9.17, 15) is 35.7 Å². The van der Waals surface area contributed by atoms with Crippen LogP contribution in [0.2, 0.25) is 0 Å². The van der Waals surface area contributed by atoms with Crippen LogP contribution in [-0.2, 0) is 9.47 Å². The summed E-state index contributed by atoms with van der Waals surface area (Å²) in [5, 5.41) is 67.2. The molecule has 2 aliphatic heterocycles. The summed E-state index contributed by atoms with van der Waals surface area (Å²) < 4.78 is 9.19. The van der Waals surface area contributed by atoms with Gasteiger partial charge in [-0.3, -0.25) is 0 Å². The fraction of sp³-hybridized carbons (Fsp3) is 1.00. The molecule has 0 aromatic carbocycles. The molecular weight excluding hydrogens is 416 g/mol. The summed E-state index contributed by atoms with van der Waals surface area (Å²) in [4.78, 5) is 0. The highest BCUT2D eigenvalue weighted by Gasteiger charge is 2.53. The largest absolute Gasteiger partial charge is 0.394 e. The van der Waals surface area contributed by atoms with Gasteiger partial charge in [0.25, 0.3) is 0 Å². The molecule has 2 rings (SSSR count). The summed E-state index contributed by atoms with van der Waals surface area (Å²) >= 11 is 8.42. The third-order valence-electron chi connectivity index (χ3n) is 4.04. The number of hydrogen-bond donors (Lipinski definition) is 9. The van der Waals surface area contributed by atoms with Gasteiger partial charge in [-0.2, -0.15) is 12.6 Å². The van der Waals surface area contributed by atoms with Crippen LogP contribution in [0, 0.1) is 0 Å². The van der Waals surface area contributed by atoms with Crippen molar-refractivity contribution in [1.29, 1.82) is 0 Å². The number of aliphatic hydroxyl groups is 7. The standard InChI is InChI=1S/C12H22O9S4/c13-1-3-5(15)7(17)9(22)11(20-3)24-25-12(23)10(19)8(18)6(16)4(2-14)21-12/h3-11,13-19,22-23H,1-2H2/t3-,4-,5-,6-,7+,8+,9-,10-,11+,12-/m1/s1. The van der Waals surface area contributed by atoms with Crippen molar-refractivity contribution in [2.75, 3.05) is 13.2 Å². The first-order valence-corrected chi connectivity index (χ1v) is 10.5. The molecule has 2 saturated heterocycles. The Kier molecular flexibility index (Phi) is 8.06. The topological polar surface area (TPSA) is 160 Å². The van der Waals surface area contributed by atoms with Crippen LogP contribution in [-0.4, -0.2) is 107 Å². The Hall–Kier alpha value is 1.04. The zero-order chi connectivity index (χ0) is 18.9. The zero-order valence-electron chi connectivity index (χ0n) is 12.8. The normalized spacial score (nSPS) is 51.5. The second-order valence-corrected chi connectivity index (χ2v) is 9.84. The molecule has 0 radical (unpaired) electrons.